The van der Waals surface area contributed by atoms with Gasteiger partial charge in [0.1, 0.15) is 12.7 Å². The molecule has 59 heavy (non-hydrogen) atoms. The first-order valence-electron chi connectivity index (χ1n) is 21.4. The van der Waals surface area contributed by atoms with Crippen molar-refractivity contribution in [1.82, 2.24) is 0 Å². The molecule has 0 aromatic carbocycles. The number of aliphatic hydroxyl groups excluding tert-OH is 2. The molecule has 0 spiro atoms. The van der Waals surface area contributed by atoms with Crippen molar-refractivity contribution in [2.24, 2.45) is 5.92 Å². The van der Waals surface area contributed by atoms with Crippen LogP contribution in [0.2, 0.25) is 0 Å². The highest BCUT2D eigenvalue weighted by atomic mass is 31.2. The van der Waals surface area contributed by atoms with Gasteiger partial charge in [-0.2, -0.15) is 0 Å². The van der Waals surface area contributed by atoms with Crippen LogP contribution in [0.3, 0.4) is 0 Å². The normalized spacial score (nSPS) is 15.3. The number of ether oxygens (including phenoxy) is 2. The molecule has 0 saturated carbocycles. The summed E-state index contributed by atoms with van der Waals surface area (Å²) in [5, 5.41) is 19.2. The Balaban J connectivity index is 4.65. The zero-order valence-electron chi connectivity index (χ0n) is 35.9. The van der Waals surface area contributed by atoms with E-state index in [9.17, 15) is 33.8 Å². The SMILES string of the molecule is CC[C@@H](O)/C=C/C=C\C/C=C\C/C=C\C/C=C\CCCC(=O)O[C@H](COC(=O)CCCCCCCCCCCCCC(C)C)COP(=O)(O)OC[C@@H](O)COP(=O)(O)O. The van der Waals surface area contributed by atoms with Crippen LogP contribution in [-0.4, -0.2) is 81.6 Å². The van der Waals surface area contributed by atoms with E-state index in [0.717, 1.165) is 44.4 Å². The van der Waals surface area contributed by atoms with Gasteiger partial charge in [-0.05, 0) is 50.9 Å². The van der Waals surface area contributed by atoms with E-state index in [0.29, 0.717) is 25.7 Å². The Morgan fingerprint density at radius 2 is 1.10 bits per heavy atom. The summed E-state index contributed by atoms with van der Waals surface area (Å²) in [5.41, 5.74) is 0. The van der Waals surface area contributed by atoms with Crippen molar-refractivity contribution in [3.63, 3.8) is 0 Å². The highest BCUT2D eigenvalue weighted by molar-refractivity contribution is 7.47. The predicted octanol–water partition coefficient (Wildman–Crippen LogP) is 9.66. The Bertz CT molecular complexity index is 1310. The largest absolute Gasteiger partial charge is 0.472 e. The molecular formula is C43H76O14P2. The van der Waals surface area contributed by atoms with Crippen LogP contribution in [0.4, 0.5) is 0 Å². The molecule has 14 nitrogen and oxygen atoms in total. The first kappa shape index (κ1) is 56.8. The summed E-state index contributed by atoms with van der Waals surface area (Å²) in [4.78, 5) is 52.6. The van der Waals surface area contributed by atoms with Gasteiger partial charge < -0.3 is 34.4 Å². The summed E-state index contributed by atoms with van der Waals surface area (Å²) < 4.78 is 47.7. The summed E-state index contributed by atoms with van der Waals surface area (Å²) >= 11 is 0. The summed E-state index contributed by atoms with van der Waals surface area (Å²) in [7, 11) is -9.70. The number of unbranched alkanes of at least 4 members (excludes halogenated alkanes) is 11. The zero-order chi connectivity index (χ0) is 44.0. The highest BCUT2D eigenvalue weighted by Crippen LogP contribution is 2.43. The molecule has 0 aromatic rings. The van der Waals surface area contributed by atoms with E-state index in [4.69, 9.17) is 23.8 Å². The number of hydrogen-bond acceptors (Lipinski definition) is 11. The van der Waals surface area contributed by atoms with Gasteiger partial charge in [0.2, 0.25) is 0 Å². The van der Waals surface area contributed by atoms with Gasteiger partial charge in [-0.15, -0.1) is 0 Å². The minimum absolute atomic E-state index is 0.0379. The molecule has 0 amide bonds. The molecule has 0 radical (unpaired) electrons. The molecule has 1 unspecified atom stereocenters. The number of carbonyl (C=O) groups excluding carboxylic acids is 2. The number of hydrogen-bond donors (Lipinski definition) is 5. The molecule has 342 valence electrons. The van der Waals surface area contributed by atoms with Gasteiger partial charge in [0.25, 0.3) is 0 Å². The number of phosphoric acid groups is 2. The van der Waals surface area contributed by atoms with Crippen LogP contribution in [0, 0.1) is 5.92 Å². The van der Waals surface area contributed by atoms with Gasteiger partial charge in [-0.3, -0.25) is 23.2 Å². The Kier molecular flexibility index (Phi) is 36.1. The first-order chi connectivity index (χ1) is 28.1. The van der Waals surface area contributed by atoms with Gasteiger partial charge in [-0.25, -0.2) is 9.13 Å². The molecule has 0 aliphatic rings. The van der Waals surface area contributed by atoms with Crippen LogP contribution in [0.15, 0.2) is 60.8 Å². The molecule has 5 N–H and O–H groups in total. The standard InChI is InChI=1S/C43H76O14P2/c1-4-39(44)31-27-23-19-15-11-7-5-6-8-12-17-21-25-29-33-43(47)57-41(37-56-59(51,52)55-35-40(45)34-54-58(48,49)50)36-53-42(46)32-28-24-20-16-13-9-10-14-18-22-26-30-38(2)3/h6-8,11,17,19,21,23,27,31,38-41,44-45H,4-5,9-10,12-16,18,20,22,24-26,28-30,32-37H2,1-3H3,(H,51,52)(H2,48,49,50)/b8-6-,11-7-,21-17-,23-19-,31-27+/t39-,40+,41-/m1/s1. The van der Waals surface area contributed by atoms with Crippen molar-refractivity contribution in [1.29, 1.82) is 0 Å². The van der Waals surface area contributed by atoms with E-state index < -0.39 is 72.3 Å². The lowest BCUT2D eigenvalue weighted by molar-refractivity contribution is -0.161. The number of aliphatic hydroxyl groups is 2. The van der Waals surface area contributed by atoms with Gasteiger partial charge in [-0.1, -0.05) is 152 Å². The Morgan fingerprint density at radius 1 is 0.593 bits per heavy atom. The average molecular weight is 879 g/mol. The summed E-state index contributed by atoms with van der Waals surface area (Å²) in [5.74, 6) is -0.342. The van der Waals surface area contributed by atoms with Crippen molar-refractivity contribution in [2.45, 2.75) is 167 Å². The molecule has 4 atom stereocenters. The van der Waals surface area contributed by atoms with Gasteiger partial charge in [0.15, 0.2) is 6.10 Å². The smallest absolute Gasteiger partial charge is 0.462 e. The predicted molar refractivity (Wildman–Crippen MR) is 231 cm³/mol. The second-order valence-electron chi connectivity index (χ2n) is 14.9. The van der Waals surface area contributed by atoms with Gasteiger partial charge in [0.05, 0.1) is 25.9 Å². The van der Waals surface area contributed by atoms with Crippen molar-refractivity contribution in [3.05, 3.63) is 60.8 Å². The van der Waals surface area contributed by atoms with Crippen LogP contribution in [-0.2, 0) is 41.8 Å². The number of esters is 2. The van der Waals surface area contributed by atoms with Crippen LogP contribution < -0.4 is 0 Å². The molecule has 16 heteroatoms. The van der Waals surface area contributed by atoms with Crippen molar-refractivity contribution >= 4 is 27.6 Å². The molecule has 0 aromatic heterocycles. The van der Waals surface area contributed by atoms with Crippen molar-refractivity contribution < 1.29 is 66.7 Å². The molecule has 0 aliphatic carbocycles. The topological polar surface area (TPSA) is 216 Å². The molecule has 0 aliphatic heterocycles. The molecule has 0 bridgehead atoms. The number of allylic oxidation sites excluding steroid dienone is 9. The lowest BCUT2D eigenvalue weighted by atomic mass is 10.0. The molecule has 0 saturated heterocycles. The summed E-state index contributed by atoms with van der Waals surface area (Å²) in [6.07, 6.45) is 34.7. The van der Waals surface area contributed by atoms with Gasteiger partial charge >= 0.3 is 27.6 Å². The maximum atomic E-state index is 12.6. The number of rotatable bonds is 39. The fourth-order valence-corrected chi connectivity index (χ4v) is 6.50. The molecule has 0 fully saturated rings. The van der Waals surface area contributed by atoms with Crippen LogP contribution in [0.5, 0.6) is 0 Å². The number of phosphoric ester groups is 2. The quantitative estimate of drug-likeness (QED) is 0.0128. The monoisotopic (exact) mass is 878 g/mol. The molecule has 0 heterocycles. The highest BCUT2D eigenvalue weighted by Gasteiger charge is 2.28. The maximum Gasteiger partial charge on any atom is 0.472 e. The fourth-order valence-electron chi connectivity index (χ4n) is 5.34. The molecule has 0 rings (SSSR count). The fraction of sp³-hybridized carbons (Fsp3) is 0.721. The third-order valence-corrected chi connectivity index (χ3v) is 10.2. The van der Waals surface area contributed by atoms with Crippen LogP contribution in [0.25, 0.3) is 0 Å². The van der Waals surface area contributed by atoms with Crippen molar-refractivity contribution in [2.75, 3.05) is 26.4 Å². The summed E-state index contributed by atoms with van der Waals surface area (Å²) in [6.45, 7) is 3.65. The van der Waals surface area contributed by atoms with E-state index in [1.54, 1.807) is 6.08 Å². The Labute approximate surface area is 354 Å². The minimum atomic E-state index is -4.87. The van der Waals surface area contributed by atoms with Crippen molar-refractivity contribution in [3.8, 4) is 0 Å². The molecular weight excluding hydrogens is 802 g/mol. The second kappa shape index (κ2) is 37.5. The lowest BCUT2D eigenvalue weighted by Gasteiger charge is -2.20. The second-order valence-corrected chi connectivity index (χ2v) is 17.6. The Morgan fingerprint density at radius 3 is 1.68 bits per heavy atom. The van der Waals surface area contributed by atoms with Gasteiger partial charge in [0, 0.05) is 12.8 Å². The average Bonchev–Trinajstić information content (AvgIpc) is 3.18. The summed E-state index contributed by atoms with van der Waals surface area (Å²) in [6, 6.07) is 0. The third kappa shape index (κ3) is 42.3. The van der Waals surface area contributed by atoms with E-state index in [-0.39, 0.29) is 12.8 Å². The van der Waals surface area contributed by atoms with E-state index in [1.165, 1.54) is 51.4 Å². The van der Waals surface area contributed by atoms with Crippen LogP contribution in [0.1, 0.15) is 149 Å². The first-order valence-corrected chi connectivity index (χ1v) is 24.5. The Hall–Kier alpha value is -2.22. The zero-order valence-corrected chi connectivity index (χ0v) is 37.6. The number of carbonyl (C=O) groups is 2. The van der Waals surface area contributed by atoms with E-state index in [2.05, 4.69) is 41.1 Å². The van der Waals surface area contributed by atoms with Crippen LogP contribution >= 0.6 is 15.6 Å². The van der Waals surface area contributed by atoms with E-state index >= 15 is 0 Å². The third-order valence-electron chi connectivity index (χ3n) is 8.75. The maximum absolute atomic E-state index is 12.6. The minimum Gasteiger partial charge on any atom is -0.462 e. The lowest BCUT2D eigenvalue weighted by Crippen LogP contribution is -2.29. The van der Waals surface area contributed by atoms with E-state index in [1.807, 2.05) is 43.4 Å².